The summed E-state index contributed by atoms with van der Waals surface area (Å²) in [6.45, 7) is 5.62. The van der Waals surface area contributed by atoms with Crippen molar-refractivity contribution in [1.82, 2.24) is 5.32 Å². The third kappa shape index (κ3) is 5.14. The Morgan fingerprint density at radius 3 is 2.38 bits per heavy atom. The molecule has 0 spiro atoms. The lowest BCUT2D eigenvalue weighted by atomic mass is 10.0. The number of aliphatic carboxylic acids is 1. The topological polar surface area (TPSA) is 168 Å². The Labute approximate surface area is 226 Å². The minimum atomic E-state index is -1.54. The Bertz CT molecular complexity index is 1530. The predicted molar refractivity (Wildman–Crippen MR) is 145 cm³/mol. The molecule has 11 nitrogen and oxygen atoms in total. The number of thiophene rings is 1. The molecule has 0 radical (unpaired) electrons. The second-order valence-corrected chi connectivity index (χ2v) is 9.87. The summed E-state index contributed by atoms with van der Waals surface area (Å²) in [6.07, 6.45) is -0.606. The zero-order valence-electron chi connectivity index (χ0n) is 21.0. The van der Waals surface area contributed by atoms with Gasteiger partial charge in [0.2, 0.25) is 5.91 Å². The van der Waals surface area contributed by atoms with Crippen LogP contribution >= 0.6 is 11.3 Å². The maximum atomic E-state index is 13.5. The van der Waals surface area contributed by atoms with Gasteiger partial charge < -0.3 is 20.9 Å². The predicted octanol–water partition coefficient (Wildman–Crippen LogP) is 2.79. The Balaban J connectivity index is 1.70. The number of nitrogens with two attached hydrogens (primary N) is 1. The number of methoxy groups -OCH3 is 1. The van der Waals surface area contributed by atoms with E-state index in [1.165, 1.54) is 29.5 Å². The number of nitrogens with zero attached hydrogens (tertiary/aromatic N) is 2. The second-order valence-electron chi connectivity index (χ2n) is 8.67. The van der Waals surface area contributed by atoms with E-state index in [1.54, 1.807) is 7.11 Å². The van der Waals surface area contributed by atoms with Gasteiger partial charge in [-0.05, 0) is 49.5 Å². The molecule has 1 atom stereocenters. The number of fused-ring (bicyclic) bond motifs is 1. The summed E-state index contributed by atoms with van der Waals surface area (Å²) in [7, 11) is 1.57. The summed E-state index contributed by atoms with van der Waals surface area (Å²) in [5.41, 5.74) is 7.43. The van der Waals surface area contributed by atoms with Crippen LogP contribution in [0.15, 0.2) is 47.5 Å². The molecule has 3 aromatic rings. The molecule has 0 fully saturated rings. The number of anilines is 1. The van der Waals surface area contributed by atoms with E-state index in [4.69, 9.17) is 10.5 Å². The summed E-state index contributed by atoms with van der Waals surface area (Å²) in [5.74, 6) is -3.70. The third-order valence-electron chi connectivity index (χ3n) is 6.17. The second kappa shape index (κ2) is 10.9. The number of hydrogen-bond donors (Lipinski definition) is 3. The van der Waals surface area contributed by atoms with Crippen LogP contribution in [0.25, 0.3) is 11.1 Å². The van der Waals surface area contributed by atoms with E-state index in [9.17, 15) is 29.1 Å². The number of aliphatic imine (C=N–C) groups is 1. The van der Waals surface area contributed by atoms with Gasteiger partial charge in [-0.25, -0.2) is 9.69 Å². The molecule has 0 bridgehead atoms. The minimum Gasteiger partial charge on any atom is -0.497 e. The highest BCUT2D eigenvalue weighted by Crippen LogP contribution is 2.45. The molecular weight excluding hydrogens is 524 g/mol. The lowest BCUT2D eigenvalue weighted by Crippen LogP contribution is -2.43. The van der Waals surface area contributed by atoms with Gasteiger partial charge >= 0.3 is 5.97 Å². The van der Waals surface area contributed by atoms with Crippen molar-refractivity contribution in [3.05, 3.63) is 69.6 Å². The monoisotopic (exact) mass is 548 g/mol. The van der Waals surface area contributed by atoms with E-state index in [0.717, 1.165) is 20.9 Å². The van der Waals surface area contributed by atoms with Crippen LogP contribution < -0.4 is 20.7 Å². The number of imide groups is 1. The fraction of sp³-hybridized carbons (Fsp3) is 0.185. The molecule has 0 saturated heterocycles. The number of aryl methyl sites for hydroxylation is 1. The van der Waals surface area contributed by atoms with E-state index >= 15 is 0 Å². The number of primary amides is 1. The summed E-state index contributed by atoms with van der Waals surface area (Å²) in [4.78, 5) is 68.1. The van der Waals surface area contributed by atoms with Crippen LogP contribution in [0.4, 0.5) is 5.00 Å². The zero-order chi connectivity index (χ0) is 28.4. The van der Waals surface area contributed by atoms with Gasteiger partial charge in [-0.15, -0.1) is 11.3 Å². The zero-order valence-corrected chi connectivity index (χ0v) is 21.8. The van der Waals surface area contributed by atoms with Crippen molar-refractivity contribution in [2.24, 2.45) is 10.7 Å². The van der Waals surface area contributed by atoms with E-state index in [1.807, 2.05) is 31.2 Å². The maximum Gasteiger partial charge on any atom is 0.326 e. The standard InChI is InChI=1S/C27H24N4O7S/c1-13-22(14-4-7-16(38-3)8-5-14)19(12-29-2)26(39-13)31-24(34)17-9-6-15(10-18(17)25(31)35)23(33)30-20(27(36)37)11-21(28)32/h4-10,20H,2,11-12H2,1,3H3,(H2,28,32)(H,30,33)(H,36,37)/t20-/m0/s1. The van der Waals surface area contributed by atoms with Crippen molar-refractivity contribution >= 4 is 52.7 Å². The molecule has 0 aliphatic carbocycles. The Morgan fingerprint density at radius 2 is 1.79 bits per heavy atom. The smallest absolute Gasteiger partial charge is 0.326 e. The first kappa shape index (κ1) is 27.2. The van der Waals surface area contributed by atoms with Gasteiger partial charge in [-0.3, -0.25) is 24.2 Å². The van der Waals surface area contributed by atoms with Crippen molar-refractivity contribution in [3.63, 3.8) is 0 Å². The third-order valence-corrected chi connectivity index (χ3v) is 7.30. The van der Waals surface area contributed by atoms with Crippen molar-refractivity contribution < 1.29 is 33.8 Å². The van der Waals surface area contributed by atoms with Gasteiger partial charge in [-0.1, -0.05) is 12.1 Å². The van der Waals surface area contributed by atoms with Crippen molar-refractivity contribution in [3.8, 4) is 16.9 Å². The number of benzene rings is 2. The van der Waals surface area contributed by atoms with Crippen LogP contribution in [0.2, 0.25) is 0 Å². The number of carboxylic acids is 1. The highest BCUT2D eigenvalue weighted by molar-refractivity contribution is 7.17. The van der Waals surface area contributed by atoms with E-state index in [2.05, 4.69) is 17.0 Å². The number of nitrogens with one attached hydrogen (secondary N) is 1. The van der Waals surface area contributed by atoms with Crippen LogP contribution in [0, 0.1) is 6.92 Å². The maximum absolute atomic E-state index is 13.5. The highest BCUT2D eigenvalue weighted by atomic mass is 32.1. The molecule has 1 aliphatic rings. The minimum absolute atomic E-state index is 0.0102. The molecule has 4 amide bonds. The van der Waals surface area contributed by atoms with Gasteiger partial charge in [0, 0.05) is 21.6 Å². The molecule has 2 heterocycles. The molecule has 4 rings (SSSR count). The lowest BCUT2D eigenvalue weighted by Gasteiger charge is -2.14. The summed E-state index contributed by atoms with van der Waals surface area (Å²) in [6, 6.07) is 9.70. The summed E-state index contributed by atoms with van der Waals surface area (Å²) >= 11 is 1.27. The highest BCUT2D eigenvalue weighted by Gasteiger charge is 2.40. The first-order valence-electron chi connectivity index (χ1n) is 11.6. The number of hydrogen-bond acceptors (Lipinski definition) is 8. The quantitative estimate of drug-likeness (QED) is 0.258. The largest absolute Gasteiger partial charge is 0.497 e. The molecular formula is C27H24N4O7S. The Morgan fingerprint density at radius 1 is 1.13 bits per heavy atom. The Kier molecular flexibility index (Phi) is 7.58. The van der Waals surface area contributed by atoms with Crippen LogP contribution in [-0.2, 0) is 16.1 Å². The van der Waals surface area contributed by atoms with Crippen molar-refractivity contribution in [2.45, 2.75) is 25.9 Å². The van der Waals surface area contributed by atoms with Crippen LogP contribution in [0.5, 0.6) is 5.75 Å². The van der Waals surface area contributed by atoms with E-state index < -0.39 is 42.1 Å². The SMILES string of the molecule is C=NCc1c(N2C(=O)c3ccc(C(=O)N[C@@H](CC(N)=O)C(=O)O)cc3C2=O)sc(C)c1-c1ccc(OC)cc1. The Hall–Kier alpha value is -4.84. The number of carboxylic acid groups (broad SMARTS) is 1. The summed E-state index contributed by atoms with van der Waals surface area (Å²) in [5, 5.41) is 11.9. The lowest BCUT2D eigenvalue weighted by molar-refractivity contribution is -0.140. The molecule has 1 aliphatic heterocycles. The average molecular weight is 549 g/mol. The number of carbonyl (C=O) groups is 5. The van der Waals surface area contributed by atoms with Gasteiger partial charge in [0.15, 0.2) is 0 Å². The fourth-order valence-electron chi connectivity index (χ4n) is 4.36. The normalized spacial score (nSPS) is 13.1. The first-order chi connectivity index (χ1) is 18.6. The molecule has 12 heteroatoms. The molecule has 200 valence electrons. The van der Waals surface area contributed by atoms with E-state index in [-0.39, 0.29) is 23.2 Å². The number of rotatable bonds is 10. The first-order valence-corrected chi connectivity index (χ1v) is 12.4. The van der Waals surface area contributed by atoms with Crippen LogP contribution in [-0.4, -0.2) is 54.6 Å². The number of amides is 4. The molecule has 39 heavy (non-hydrogen) atoms. The number of ether oxygens (including phenoxy) is 1. The van der Waals surface area contributed by atoms with E-state index in [0.29, 0.717) is 16.3 Å². The van der Waals surface area contributed by atoms with Gasteiger partial charge in [-0.2, -0.15) is 0 Å². The van der Waals surface area contributed by atoms with Crippen LogP contribution in [0.1, 0.15) is 47.9 Å². The van der Waals surface area contributed by atoms with Crippen molar-refractivity contribution in [2.75, 3.05) is 12.0 Å². The fourth-order valence-corrected chi connectivity index (χ4v) is 5.54. The molecule has 2 aromatic carbocycles. The molecule has 4 N–H and O–H groups in total. The van der Waals surface area contributed by atoms with Gasteiger partial charge in [0.25, 0.3) is 17.7 Å². The number of carbonyl (C=O) groups excluding carboxylic acids is 4. The van der Waals surface area contributed by atoms with Crippen LogP contribution in [0.3, 0.4) is 0 Å². The molecule has 0 unspecified atom stereocenters. The average Bonchev–Trinajstić information content (AvgIpc) is 3.35. The molecule has 0 saturated carbocycles. The van der Waals surface area contributed by atoms with Gasteiger partial charge in [0.05, 0.1) is 31.2 Å². The van der Waals surface area contributed by atoms with Crippen molar-refractivity contribution in [1.29, 1.82) is 0 Å². The van der Waals surface area contributed by atoms with Gasteiger partial charge in [0.1, 0.15) is 16.8 Å². The summed E-state index contributed by atoms with van der Waals surface area (Å²) < 4.78 is 5.24. The molecule has 1 aromatic heterocycles.